The van der Waals surface area contributed by atoms with Gasteiger partial charge in [0.05, 0.1) is 27.9 Å². The number of esters is 3. The topological polar surface area (TPSA) is 128 Å². The van der Waals surface area contributed by atoms with Crippen LogP contribution in [0.1, 0.15) is 60.6 Å². The van der Waals surface area contributed by atoms with Gasteiger partial charge in [0.15, 0.2) is 6.61 Å². The maximum Gasteiger partial charge on any atom is 0.417 e. The minimum atomic E-state index is -4.83. The zero-order chi connectivity index (χ0) is 40.2. The van der Waals surface area contributed by atoms with Crippen LogP contribution in [-0.2, 0) is 38.3 Å². The predicted octanol–water partition coefficient (Wildman–Crippen LogP) is 8.16. The SMILES string of the molecule is CN(C)C(=O)c1cc(CCCC(=O)Oc2ccc(C(=O)OCC(=O)OCc3ccccc3)cc2)ccc1NC(=O)c1c(-c2ccccc2)cccc1C(F)(F)F. The molecule has 0 unspecified atom stereocenters. The third-order valence-corrected chi connectivity index (χ3v) is 8.38. The lowest BCUT2D eigenvalue weighted by atomic mass is 9.94. The number of hydrogen-bond acceptors (Lipinski definition) is 8. The van der Waals surface area contributed by atoms with Crippen LogP contribution in [-0.4, -0.2) is 55.3 Å². The van der Waals surface area contributed by atoms with Crippen molar-refractivity contribution in [2.45, 2.75) is 32.0 Å². The third kappa shape index (κ3) is 10.9. The molecule has 0 saturated carbocycles. The first-order valence-corrected chi connectivity index (χ1v) is 17.4. The van der Waals surface area contributed by atoms with Crippen LogP contribution in [0.15, 0.2) is 121 Å². The first kappa shape index (κ1) is 40.4. The van der Waals surface area contributed by atoms with Gasteiger partial charge in [-0.3, -0.25) is 14.4 Å². The number of ether oxygens (including phenoxy) is 3. The lowest BCUT2D eigenvalue weighted by Crippen LogP contribution is -2.25. The van der Waals surface area contributed by atoms with Crippen molar-refractivity contribution in [1.82, 2.24) is 4.90 Å². The molecule has 5 aromatic rings. The van der Waals surface area contributed by atoms with Crippen molar-refractivity contribution in [2.75, 3.05) is 26.0 Å². The Kier molecular flexibility index (Phi) is 13.4. The van der Waals surface area contributed by atoms with E-state index in [0.717, 1.165) is 11.6 Å². The summed E-state index contributed by atoms with van der Waals surface area (Å²) in [6, 6.07) is 30.9. The van der Waals surface area contributed by atoms with Crippen LogP contribution in [0.2, 0.25) is 0 Å². The van der Waals surface area contributed by atoms with Crippen molar-refractivity contribution < 1.29 is 51.4 Å². The highest BCUT2D eigenvalue weighted by atomic mass is 19.4. The zero-order valence-corrected chi connectivity index (χ0v) is 30.4. The number of rotatable bonds is 14. The fourth-order valence-electron chi connectivity index (χ4n) is 5.62. The van der Waals surface area contributed by atoms with Crippen LogP contribution in [0.3, 0.4) is 0 Å². The smallest absolute Gasteiger partial charge is 0.417 e. The first-order valence-electron chi connectivity index (χ1n) is 17.4. The van der Waals surface area contributed by atoms with Crippen LogP contribution >= 0.6 is 0 Å². The van der Waals surface area contributed by atoms with Crippen LogP contribution < -0.4 is 10.1 Å². The average Bonchev–Trinajstić information content (AvgIpc) is 3.19. The highest BCUT2D eigenvalue weighted by molar-refractivity contribution is 6.12. The van der Waals surface area contributed by atoms with Crippen LogP contribution in [0.25, 0.3) is 11.1 Å². The molecular weight excluding hydrogens is 729 g/mol. The molecule has 5 rings (SSSR count). The number of anilines is 1. The third-order valence-electron chi connectivity index (χ3n) is 8.38. The molecule has 0 fully saturated rings. The van der Waals surface area contributed by atoms with E-state index >= 15 is 0 Å². The Morgan fingerprint density at radius 2 is 1.39 bits per heavy atom. The lowest BCUT2D eigenvalue weighted by Gasteiger charge is -2.19. The summed E-state index contributed by atoms with van der Waals surface area (Å²) < 4.78 is 57.9. The molecule has 0 aliphatic carbocycles. The molecule has 0 aromatic heterocycles. The second kappa shape index (κ2) is 18.5. The van der Waals surface area contributed by atoms with Gasteiger partial charge in [0.2, 0.25) is 0 Å². The van der Waals surface area contributed by atoms with Gasteiger partial charge in [0, 0.05) is 20.5 Å². The number of amides is 2. The molecule has 56 heavy (non-hydrogen) atoms. The van der Waals surface area contributed by atoms with Crippen LogP contribution in [0, 0.1) is 0 Å². The Bertz CT molecular complexity index is 2190. The fourth-order valence-corrected chi connectivity index (χ4v) is 5.62. The van der Waals surface area contributed by atoms with Crippen molar-refractivity contribution in [3.05, 3.63) is 155 Å². The molecule has 0 aliphatic heterocycles. The molecule has 0 spiro atoms. The Morgan fingerprint density at radius 3 is 2.05 bits per heavy atom. The summed E-state index contributed by atoms with van der Waals surface area (Å²) in [5.74, 6) is -3.39. The molecule has 2 amide bonds. The van der Waals surface area contributed by atoms with Gasteiger partial charge >= 0.3 is 24.1 Å². The van der Waals surface area contributed by atoms with E-state index in [1.165, 1.54) is 67.5 Å². The minimum absolute atomic E-state index is 0.0131. The molecule has 0 radical (unpaired) electrons. The van der Waals surface area contributed by atoms with E-state index < -0.39 is 53.6 Å². The van der Waals surface area contributed by atoms with Gasteiger partial charge in [-0.2, -0.15) is 13.2 Å². The van der Waals surface area contributed by atoms with E-state index in [2.05, 4.69) is 5.32 Å². The zero-order valence-electron chi connectivity index (χ0n) is 30.4. The van der Waals surface area contributed by atoms with E-state index in [4.69, 9.17) is 14.2 Å². The van der Waals surface area contributed by atoms with E-state index in [9.17, 15) is 37.1 Å². The van der Waals surface area contributed by atoms with Crippen molar-refractivity contribution in [3.8, 4) is 16.9 Å². The number of aryl methyl sites for hydroxylation is 1. The van der Waals surface area contributed by atoms with E-state index in [1.807, 2.05) is 6.07 Å². The van der Waals surface area contributed by atoms with Gasteiger partial charge in [0.1, 0.15) is 12.4 Å². The van der Waals surface area contributed by atoms with Gasteiger partial charge in [-0.05, 0) is 77.6 Å². The van der Waals surface area contributed by atoms with Crippen LogP contribution in [0.5, 0.6) is 5.75 Å². The maximum absolute atomic E-state index is 14.2. The second-order valence-electron chi connectivity index (χ2n) is 12.7. The summed E-state index contributed by atoms with van der Waals surface area (Å²) in [7, 11) is 3.01. The highest BCUT2D eigenvalue weighted by Gasteiger charge is 2.37. The molecule has 13 heteroatoms. The summed E-state index contributed by atoms with van der Waals surface area (Å²) in [5.41, 5.74) is 0.412. The number of nitrogens with zero attached hydrogens (tertiary/aromatic N) is 1. The Labute approximate surface area is 320 Å². The summed E-state index contributed by atoms with van der Waals surface area (Å²) in [6.07, 6.45) is -4.21. The lowest BCUT2D eigenvalue weighted by molar-refractivity contribution is -0.148. The largest absolute Gasteiger partial charge is 0.458 e. The Morgan fingerprint density at radius 1 is 0.714 bits per heavy atom. The summed E-state index contributed by atoms with van der Waals surface area (Å²) >= 11 is 0. The first-order chi connectivity index (χ1) is 26.8. The monoisotopic (exact) mass is 766 g/mol. The Hall–Kier alpha value is -6.76. The minimum Gasteiger partial charge on any atom is -0.458 e. The molecule has 1 N–H and O–H groups in total. The number of carbonyl (C=O) groups excluding carboxylic acids is 5. The van der Waals surface area contributed by atoms with E-state index in [-0.39, 0.29) is 41.2 Å². The van der Waals surface area contributed by atoms with Crippen molar-refractivity contribution in [3.63, 3.8) is 0 Å². The van der Waals surface area contributed by atoms with Crippen molar-refractivity contribution in [1.29, 1.82) is 0 Å². The number of carbonyl (C=O) groups is 5. The average molecular weight is 767 g/mol. The molecule has 0 bridgehead atoms. The number of alkyl halides is 3. The normalized spacial score (nSPS) is 10.9. The molecule has 0 aliphatic rings. The number of nitrogens with one attached hydrogen (secondary N) is 1. The summed E-state index contributed by atoms with van der Waals surface area (Å²) in [4.78, 5) is 65.1. The molecule has 5 aromatic carbocycles. The molecular formula is C43H37F3N2O8. The summed E-state index contributed by atoms with van der Waals surface area (Å²) in [5, 5.41) is 2.54. The predicted molar refractivity (Wildman–Crippen MR) is 201 cm³/mol. The van der Waals surface area contributed by atoms with Crippen molar-refractivity contribution in [2.24, 2.45) is 0 Å². The number of benzene rings is 5. The van der Waals surface area contributed by atoms with Gasteiger partial charge < -0.3 is 24.4 Å². The Balaban J connectivity index is 1.18. The fraction of sp³-hybridized carbons (Fsp3) is 0.186. The van der Waals surface area contributed by atoms with Gasteiger partial charge in [-0.25, -0.2) is 9.59 Å². The standard InChI is InChI=1S/C43H37F3N2O8/c1-48(2)41(52)34-25-28(19-24-36(34)47-40(51)39-33(30-14-7-4-8-15-30)16-10-17-35(39)43(44,45)46)13-9-18-37(49)56-32-22-20-31(21-23-32)42(53)55-27-38(50)54-26-29-11-5-3-6-12-29/h3-8,10-12,14-17,19-25H,9,13,18,26-27H2,1-2H3,(H,47,51). The van der Waals surface area contributed by atoms with Gasteiger partial charge in [-0.15, -0.1) is 0 Å². The van der Waals surface area contributed by atoms with Gasteiger partial charge in [-0.1, -0.05) is 78.9 Å². The second-order valence-corrected chi connectivity index (χ2v) is 12.7. The van der Waals surface area contributed by atoms with Crippen LogP contribution in [0.4, 0.5) is 18.9 Å². The quantitative estimate of drug-likeness (QED) is 0.0886. The van der Waals surface area contributed by atoms with E-state index in [1.54, 1.807) is 60.7 Å². The maximum atomic E-state index is 14.2. The highest BCUT2D eigenvalue weighted by Crippen LogP contribution is 2.37. The van der Waals surface area contributed by atoms with Gasteiger partial charge in [0.25, 0.3) is 11.8 Å². The molecule has 0 heterocycles. The van der Waals surface area contributed by atoms with E-state index in [0.29, 0.717) is 24.0 Å². The number of halogens is 3. The molecule has 0 saturated heterocycles. The summed E-state index contributed by atoms with van der Waals surface area (Å²) in [6.45, 7) is -0.527. The molecule has 0 atom stereocenters. The molecule has 10 nitrogen and oxygen atoms in total. The molecule has 288 valence electrons. The van der Waals surface area contributed by atoms with Crippen molar-refractivity contribution >= 4 is 35.4 Å². The number of hydrogen-bond donors (Lipinski definition) is 1.